The summed E-state index contributed by atoms with van der Waals surface area (Å²) in [7, 11) is 1.79. The van der Waals surface area contributed by atoms with E-state index in [1.807, 2.05) is 0 Å². The van der Waals surface area contributed by atoms with Crippen LogP contribution in [0.15, 0.2) is 0 Å². The molecule has 0 saturated carbocycles. The molecule has 2 heteroatoms. The molecule has 1 heterocycles. The van der Waals surface area contributed by atoms with Crippen LogP contribution in [0.1, 0.15) is 46.5 Å². The van der Waals surface area contributed by atoms with E-state index in [-0.39, 0.29) is 6.23 Å². The minimum absolute atomic E-state index is 0.285. The van der Waals surface area contributed by atoms with E-state index in [2.05, 4.69) is 26.1 Å². The Labute approximate surface area is 88.4 Å². The van der Waals surface area contributed by atoms with Gasteiger partial charge in [0.25, 0.3) is 0 Å². The monoisotopic (exact) mass is 199 g/mol. The Balaban J connectivity index is 2.49. The zero-order valence-corrected chi connectivity index (χ0v) is 10.1. The van der Waals surface area contributed by atoms with E-state index in [0.717, 1.165) is 18.9 Å². The van der Waals surface area contributed by atoms with Crippen LogP contribution >= 0.6 is 0 Å². The van der Waals surface area contributed by atoms with Gasteiger partial charge in [0.1, 0.15) is 6.23 Å². The van der Waals surface area contributed by atoms with E-state index >= 15 is 0 Å². The lowest BCUT2D eigenvalue weighted by atomic mass is 9.73. The summed E-state index contributed by atoms with van der Waals surface area (Å²) < 4.78 is 5.35. The van der Waals surface area contributed by atoms with Crippen molar-refractivity contribution >= 4 is 0 Å². The first kappa shape index (κ1) is 12.0. The van der Waals surface area contributed by atoms with Crippen LogP contribution in [-0.2, 0) is 4.74 Å². The fourth-order valence-electron chi connectivity index (χ4n) is 2.29. The topological polar surface area (TPSA) is 21.3 Å². The fourth-order valence-corrected chi connectivity index (χ4v) is 2.29. The van der Waals surface area contributed by atoms with Crippen LogP contribution in [0.25, 0.3) is 0 Å². The number of methoxy groups -OCH3 is 1. The predicted octanol–water partition coefficient (Wildman–Crippen LogP) is 2.78. The number of hydrogen-bond acceptors (Lipinski definition) is 2. The third-order valence-corrected chi connectivity index (χ3v) is 3.94. The molecule has 1 N–H and O–H groups in total. The van der Waals surface area contributed by atoms with E-state index < -0.39 is 0 Å². The van der Waals surface area contributed by atoms with Crippen LogP contribution in [0.2, 0.25) is 0 Å². The lowest BCUT2D eigenvalue weighted by Crippen LogP contribution is -2.29. The van der Waals surface area contributed by atoms with Gasteiger partial charge in [0, 0.05) is 7.11 Å². The molecule has 1 fully saturated rings. The van der Waals surface area contributed by atoms with Gasteiger partial charge in [-0.3, -0.25) is 5.32 Å². The molecule has 0 bridgehead atoms. The highest BCUT2D eigenvalue weighted by Gasteiger charge is 2.29. The first-order valence-electron chi connectivity index (χ1n) is 5.86. The maximum atomic E-state index is 5.35. The highest BCUT2D eigenvalue weighted by atomic mass is 16.5. The zero-order chi connectivity index (χ0) is 10.6. The Kier molecular flexibility index (Phi) is 4.39. The van der Waals surface area contributed by atoms with Crippen LogP contribution in [-0.4, -0.2) is 19.9 Å². The molecule has 1 aliphatic rings. The lowest BCUT2D eigenvalue weighted by molar-refractivity contribution is 0.0679. The molecule has 14 heavy (non-hydrogen) atoms. The van der Waals surface area contributed by atoms with Gasteiger partial charge in [-0.1, -0.05) is 27.2 Å². The van der Waals surface area contributed by atoms with Gasteiger partial charge in [-0.2, -0.15) is 0 Å². The van der Waals surface area contributed by atoms with Crippen LogP contribution in [0.5, 0.6) is 0 Å². The van der Waals surface area contributed by atoms with Gasteiger partial charge in [0.15, 0.2) is 0 Å². The smallest absolute Gasteiger partial charge is 0.107 e. The molecule has 2 nitrogen and oxygen atoms in total. The third kappa shape index (κ3) is 2.96. The molecule has 84 valence electrons. The first-order chi connectivity index (χ1) is 6.60. The Morgan fingerprint density at radius 1 is 1.29 bits per heavy atom. The van der Waals surface area contributed by atoms with Crippen molar-refractivity contribution in [3.05, 3.63) is 0 Å². The van der Waals surface area contributed by atoms with Crippen molar-refractivity contribution < 1.29 is 4.74 Å². The van der Waals surface area contributed by atoms with Crippen molar-refractivity contribution in [2.75, 3.05) is 13.7 Å². The van der Waals surface area contributed by atoms with Crippen LogP contribution in [0.3, 0.4) is 0 Å². The highest BCUT2D eigenvalue weighted by Crippen LogP contribution is 2.37. The van der Waals surface area contributed by atoms with Crippen LogP contribution < -0.4 is 5.32 Å². The molecule has 2 atom stereocenters. The summed E-state index contributed by atoms with van der Waals surface area (Å²) in [6.45, 7) is 8.19. The molecule has 0 aromatic heterocycles. The second kappa shape index (κ2) is 5.13. The maximum absolute atomic E-state index is 5.35. The summed E-state index contributed by atoms with van der Waals surface area (Å²) in [6.07, 6.45) is 5.31. The quantitative estimate of drug-likeness (QED) is 0.754. The van der Waals surface area contributed by atoms with Crippen molar-refractivity contribution in [2.24, 2.45) is 11.3 Å². The number of rotatable bonds is 3. The van der Waals surface area contributed by atoms with Gasteiger partial charge in [-0.05, 0) is 37.1 Å². The molecule has 1 aliphatic heterocycles. The summed E-state index contributed by atoms with van der Waals surface area (Å²) in [5, 5.41) is 3.44. The average Bonchev–Trinajstić information content (AvgIpc) is 2.42. The van der Waals surface area contributed by atoms with E-state index in [4.69, 9.17) is 4.74 Å². The maximum Gasteiger partial charge on any atom is 0.107 e. The lowest BCUT2D eigenvalue weighted by Gasteiger charge is -2.32. The largest absolute Gasteiger partial charge is 0.367 e. The average molecular weight is 199 g/mol. The van der Waals surface area contributed by atoms with Gasteiger partial charge in [-0.15, -0.1) is 0 Å². The Morgan fingerprint density at radius 3 is 2.57 bits per heavy atom. The number of ether oxygens (including phenoxy) is 1. The molecular weight excluding hydrogens is 174 g/mol. The third-order valence-electron chi connectivity index (χ3n) is 3.94. The summed E-state index contributed by atoms with van der Waals surface area (Å²) in [5.41, 5.74) is 0.490. The molecule has 2 unspecified atom stereocenters. The Hall–Kier alpha value is -0.0800. The second-order valence-corrected chi connectivity index (χ2v) is 5.08. The summed E-state index contributed by atoms with van der Waals surface area (Å²) in [6, 6.07) is 0. The molecule has 0 aromatic carbocycles. The van der Waals surface area contributed by atoms with E-state index in [0.29, 0.717) is 5.41 Å². The standard InChI is InChI=1S/C12H25NO/c1-5-12(2,3)10-6-7-11(14-4)13-9-8-10/h10-11,13H,5-9H2,1-4H3. The normalized spacial score (nSPS) is 30.0. The second-order valence-electron chi connectivity index (χ2n) is 5.08. The summed E-state index contributed by atoms with van der Waals surface area (Å²) in [4.78, 5) is 0. The number of hydrogen-bond donors (Lipinski definition) is 1. The molecule has 0 aromatic rings. The van der Waals surface area contributed by atoms with Crippen molar-refractivity contribution in [3.8, 4) is 0 Å². The van der Waals surface area contributed by atoms with Gasteiger partial charge >= 0.3 is 0 Å². The van der Waals surface area contributed by atoms with Crippen molar-refractivity contribution in [1.29, 1.82) is 0 Å². The molecule has 1 saturated heterocycles. The first-order valence-corrected chi connectivity index (χ1v) is 5.86. The molecule has 0 aliphatic carbocycles. The molecule has 0 spiro atoms. The molecular formula is C12H25NO. The summed E-state index contributed by atoms with van der Waals surface area (Å²) >= 11 is 0. The SMILES string of the molecule is CCC(C)(C)C1CCNC(OC)CC1. The van der Waals surface area contributed by atoms with Crippen LogP contribution in [0, 0.1) is 11.3 Å². The zero-order valence-electron chi connectivity index (χ0n) is 10.1. The molecule has 1 rings (SSSR count). The van der Waals surface area contributed by atoms with Gasteiger partial charge in [-0.25, -0.2) is 0 Å². The van der Waals surface area contributed by atoms with Gasteiger partial charge in [0.05, 0.1) is 0 Å². The van der Waals surface area contributed by atoms with Crippen molar-refractivity contribution in [1.82, 2.24) is 5.32 Å². The number of nitrogens with one attached hydrogen (secondary N) is 1. The molecule has 0 radical (unpaired) electrons. The highest BCUT2D eigenvalue weighted by molar-refractivity contribution is 4.81. The van der Waals surface area contributed by atoms with Gasteiger partial charge in [0.2, 0.25) is 0 Å². The predicted molar refractivity (Wildman–Crippen MR) is 60.2 cm³/mol. The van der Waals surface area contributed by atoms with E-state index in [9.17, 15) is 0 Å². The van der Waals surface area contributed by atoms with Crippen molar-refractivity contribution in [2.45, 2.75) is 52.7 Å². The van der Waals surface area contributed by atoms with Gasteiger partial charge < -0.3 is 4.74 Å². The summed E-state index contributed by atoms with van der Waals surface area (Å²) in [5.74, 6) is 0.847. The Bertz CT molecular complexity index is 168. The Morgan fingerprint density at radius 2 is 2.00 bits per heavy atom. The minimum atomic E-state index is 0.285. The fraction of sp³-hybridized carbons (Fsp3) is 1.00. The molecule has 0 amide bonds. The van der Waals surface area contributed by atoms with Crippen molar-refractivity contribution in [3.63, 3.8) is 0 Å². The minimum Gasteiger partial charge on any atom is -0.367 e. The van der Waals surface area contributed by atoms with Crippen LogP contribution in [0.4, 0.5) is 0 Å². The van der Waals surface area contributed by atoms with E-state index in [1.54, 1.807) is 7.11 Å². The van der Waals surface area contributed by atoms with E-state index in [1.165, 1.54) is 19.3 Å².